The molecule has 0 saturated carbocycles. The van der Waals surface area contributed by atoms with Crippen LogP contribution in [0.5, 0.6) is 5.75 Å². The van der Waals surface area contributed by atoms with Crippen LogP contribution in [0.2, 0.25) is 0 Å². The number of halogens is 1. The van der Waals surface area contributed by atoms with Crippen LogP contribution in [0, 0.1) is 5.82 Å². The van der Waals surface area contributed by atoms with Gasteiger partial charge in [0.1, 0.15) is 16.5 Å². The molecule has 23 heavy (non-hydrogen) atoms. The zero-order valence-corrected chi connectivity index (χ0v) is 14.2. The molecule has 6 heteroatoms. The number of nitrogens with one attached hydrogen (secondary N) is 1. The molecule has 2 aromatic rings. The molecule has 0 saturated heterocycles. The second-order valence-electron chi connectivity index (χ2n) is 5.06. The molecule has 0 aromatic heterocycles. The number of hydrogen-bond donors (Lipinski definition) is 1. The molecule has 0 fully saturated rings. The van der Waals surface area contributed by atoms with Crippen molar-refractivity contribution in [2.75, 3.05) is 11.8 Å². The van der Waals surface area contributed by atoms with Gasteiger partial charge in [-0.25, -0.2) is 12.8 Å². The molecular formula is C17H20FNO3S. The highest BCUT2D eigenvalue weighted by Gasteiger charge is 2.22. The van der Waals surface area contributed by atoms with Crippen molar-refractivity contribution in [3.05, 3.63) is 53.3 Å². The lowest BCUT2D eigenvalue weighted by Gasteiger charge is -2.17. The minimum absolute atomic E-state index is 0.103. The molecule has 0 bridgehead atoms. The zero-order chi connectivity index (χ0) is 17.0. The Labute approximate surface area is 136 Å². The Morgan fingerprint density at radius 2 is 1.70 bits per heavy atom. The number of aryl methyl sites for hydroxylation is 2. The second-order valence-corrected chi connectivity index (χ2v) is 6.71. The minimum atomic E-state index is -3.96. The van der Waals surface area contributed by atoms with Crippen molar-refractivity contribution in [1.29, 1.82) is 0 Å². The third-order valence-electron chi connectivity index (χ3n) is 3.65. The predicted molar refractivity (Wildman–Crippen MR) is 89.0 cm³/mol. The van der Waals surface area contributed by atoms with Crippen LogP contribution in [-0.4, -0.2) is 15.5 Å². The molecule has 124 valence electrons. The molecule has 0 aliphatic heterocycles. The number of hydrogen-bond acceptors (Lipinski definition) is 3. The maximum atomic E-state index is 13.5. The molecule has 0 atom stereocenters. The molecule has 0 aliphatic carbocycles. The van der Waals surface area contributed by atoms with Crippen molar-refractivity contribution in [3.8, 4) is 5.75 Å². The van der Waals surface area contributed by atoms with Gasteiger partial charge in [0.25, 0.3) is 10.0 Å². The number of benzene rings is 2. The summed E-state index contributed by atoms with van der Waals surface area (Å²) in [5, 5.41) is 0. The summed E-state index contributed by atoms with van der Waals surface area (Å²) in [4.78, 5) is -0.215. The molecule has 2 rings (SSSR count). The summed E-state index contributed by atoms with van der Waals surface area (Å²) < 4.78 is 46.6. The highest BCUT2D eigenvalue weighted by molar-refractivity contribution is 7.92. The quantitative estimate of drug-likeness (QED) is 0.873. The van der Waals surface area contributed by atoms with Crippen molar-refractivity contribution in [2.45, 2.75) is 31.6 Å². The van der Waals surface area contributed by atoms with E-state index in [4.69, 9.17) is 4.74 Å². The number of para-hydroxylation sites is 1. The van der Waals surface area contributed by atoms with Crippen LogP contribution < -0.4 is 9.46 Å². The summed E-state index contributed by atoms with van der Waals surface area (Å²) in [7, 11) is -2.61. The Kier molecular flexibility index (Phi) is 5.26. The average molecular weight is 337 g/mol. The summed E-state index contributed by atoms with van der Waals surface area (Å²) in [6.45, 7) is 3.91. The van der Waals surface area contributed by atoms with Crippen LogP contribution in [-0.2, 0) is 22.9 Å². The summed E-state index contributed by atoms with van der Waals surface area (Å²) in [5.41, 5.74) is 2.34. The van der Waals surface area contributed by atoms with E-state index in [1.54, 1.807) is 0 Å². The van der Waals surface area contributed by atoms with Crippen LogP contribution in [0.25, 0.3) is 0 Å². The number of anilines is 1. The first-order chi connectivity index (χ1) is 10.9. The van der Waals surface area contributed by atoms with E-state index >= 15 is 0 Å². The monoisotopic (exact) mass is 337 g/mol. The lowest BCUT2D eigenvalue weighted by molar-refractivity contribution is 0.401. The Hall–Kier alpha value is -2.08. The van der Waals surface area contributed by atoms with Gasteiger partial charge in [0, 0.05) is 0 Å². The molecule has 0 amide bonds. The van der Waals surface area contributed by atoms with E-state index in [-0.39, 0.29) is 10.6 Å². The van der Waals surface area contributed by atoms with Crippen LogP contribution >= 0.6 is 0 Å². The molecule has 4 nitrogen and oxygen atoms in total. The summed E-state index contributed by atoms with van der Waals surface area (Å²) >= 11 is 0. The SMILES string of the molecule is CCc1cccc(CC)c1NS(=O)(=O)c1cc(F)ccc1OC. The lowest BCUT2D eigenvalue weighted by atomic mass is 10.0. The van der Waals surface area contributed by atoms with E-state index in [1.165, 1.54) is 13.2 Å². The summed E-state index contributed by atoms with van der Waals surface area (Å²) in [6.07, 6.45) is 1.37. The maximum Gasteiger partial charge on any atom is 0.265 e. The molecule has 0 aliphatic rings. The third-order valence-corrected chi connectivity index (χ3v) is 5.02. The van der Waals surface area contributed by atoms with Crippen LogP contribution in [0.3, 0.4) is 0 Å². The first-order valence-corrected chi connectivity index (χ1v) is 8.88. The average Bonchev–Trinajstić information content (AvgIpc) is 2.54. The van der Waals surface area contributed by atoms with E-state index < -0.39 is 15.8 Å². The Morgan fingerprint density at radius 3 is 2.22 bits per heavy atom. The normalized spacial score (nSPS) is 11.3. The molecule has 0 spiro atoms. The number of methoxy groups -OCH3 is 1. The molecule has 2 aromatic carbocycles. The van der Waals surface area contributed by atoms with Crippen molar-refractivity contribution >= 4 is 15.7 Å². The number of ether oxygens (including phenoxy) is 1. The van der Waals surface area contributed by atoms with Crippen LogP contribution in [0.1, 0.15) is 25.0 Å². The van der Waals surface area contributed by atoms with Gasteiger partial charge in [-0.2, -0.15) is 0 Å². The molecule has 0 unspecified atom stereocenters. The minimum Gasteiger partial charge on any atom is -0.495 e. The summed E-state index contributed by atoms with van der Waals surface area (Å²) in [6, 6.07) is 9.07. The number of rotatable bonds is 6. The Balaban J connectivity index is 2.54. The van der Waals surface area contributed by atoms with E-state index in [1.807, 2.05) is 32.0 Å². The van der Waals surface area contributed by atoms with E-state index in [0.717, 1.165) is 23.3 Å². The topological polar surface area (TPSA) is 55.4 Å². The van der Waals surface area contributed by atoms with Gasteiger partial charge >= 0.3 is 0 Å². The first-order valence-electron chi connectivity index (χ1n) is 7.40. The van der Waals surface area contributed by atoms with Gasteiger partial charge in [0.05, 0.1) is 12.8 Å². The van der Waals surface area contributed by atoms with Crippen molar-refractivity contribution in [2.24, 2.45) is 0 Å². The fourth-order valence-electron chi connectivity index (χ4n) is 2.42. The van der Waals surface area contributed by atoms with E-state index in [2.05, 4.69) is 4.72 Å². The molecule has 0 radical (unpaired) electrons. The molecular weight excluding hydrogens is 317 g/mol. The van der Waals surface area contributed by atoms with Gasteiger partial charge in [-0.1, -0.05) is 32.0 Å². The van der Waals surface area contributed by atoms with Crippen molar-refractivity contribution < 1.29 is 17.5 Å². The van der Waals surface area contributed by atoms with Crippen molar-refractivity contribution in [3.63, 3.8) is 0 Å². The maximum absolute atomic E-state index is 13.5. The lowest BCUT2D eigenvalue weighted by Crippen LogP contribution is -2.16. The second kappa shape index (κ2) is 7.00. The smallest absolute Gasteiger partial charge is 0.265 e. The largest absolute Gasteiger partial charge is 0.495 e. The zero-order valence-electron chi connectivity index (χ0n) is 13.4. The van der Waals surface area contributed by atoms with Crippen LogP contribution in [0.15, 0.2) is 41.3 Å². The van der Waals surface area contributed by atoms with Crippen molar-refractivity contribution in [1.82, 2.24) is 0 Å². The van der Waals surface area contributed by atoms with Crippen LogP contribution in [0.4, 0.5) is 10.1 Å². The number of sulfonamides is 1. The predicted octanol–water partition coefficient (Wildman–Crippen LogP) is 3.76. The standard InChI is InChI=1S/C17H20FNO3S/c1-4-12-7-6-8-13(5-2)17(12)19-23(20,21)16-11-14(18)9-10-15(16)22-3/h6-11,19H,4-5H2,1-3H3. The molecule has 1 N–H and O–H groups in total. The van der Waals surface area contributed by atoms with Gasteiger partial charge in [-0.15, -0.1) is 0 Å². The van der Waals surface area contributed by atoms with Gasteiger partial charge in [0.2, 0.25) is 0 Å². The van der Waals surface area contributed by atoms with E-state index in [9.17, 15) is 12.8 Å². The van der Waals surface area contributed by atoms with Gasteiger partial charge in [-0.05, 0) is 42.2 Å². The Bertz CT molecular complexity index is 781. The highest BCUT2D eigenvalue weighted by Crippen LogP contribution is 2.30. The van der Waals surface area contributed by atoms with Gasteiger partial charge in [0.15, 0.2) is 0 Å². The highest BCUT2D eigenvalue weighted by atomic mass is 32.2. The first kappa shape index (κ1) is 17.3. The summed E-state index contributed by atoms with van der Waals surface area (Å²) in [5.74, 6) is -0.531. The fraction of sp³-hybridized carbons (Fsp3) is 0.294. The van der Waals surface area contributed by atoms with E-state index in [0.29, 0.717) is 18.5 Å². The van der Waals surface area contributed by atoms with Gasteiger partial charge in [-0.3, -0.25) is 4.72 Å². The molecule has 0 heterocycles. The van der Waals surface area contributed by atoms with Gasteiger partial charge < -0.3 is 4.74 Å². The third kappa shape index (κ3) is 3.64. The Morgan fingerprint density at radius 1 is 1.09 bits per heavy atom. The fourth-order valence-corrected chi connectivity index (χ4v) is 3.75.